The Morgan fingerprint density at radius 1 is 0.255 bits per heavy atom. The van der Waals surface area contributed by atoms with Crippen LogP contribution in [0.1, 0.15) is 38.8 Å². The maximum absolute atomic E-state index is 10.4. The van der Waals surface area contributed by atoms with Gasteiger partial charge in [-0.05, 0) is 251 Å². The Hall–Kier alpha value is -13.0. The molecule has 4 nitrogen and oxygen atoms in total. The zero-order valence-electron chi connectivity index (χ0n) is 61.2. The van der Waals surface area contributed by atoms with E-state index in [-0.39, 0.29) is 0 Å². The highest BCUT2D eigenvalue weighted by Gasteiger charge is 2.52. The molecule has 0 saturated carbocycles. The molecule has 0 bridgehead atoms. The molecule has 3 aliphatic rings. The van der Waals surface area contributed by atoms with Gasteiger partial charge in [-0.2, -0.15) is 10.5 Å². The summed E-state index contributed by atoms with van der Waals surface area (Å²) in [5.41, 5.74) is 28.1. The molecule has 0 radical (unpaired) electrons. The minimum atomic E-state index is -0.422. The molecular weight excluding hydrogens is 1400 g/mol. The van der Waals surface area contributed by atoms with Crippen molar-refractivity contribution in [2.24, 2.45) is 0 Å². The third-order valence-corrected chi connectivity index (χ3v) is 23.5. The smallest absolute Gasteiger partial charge is 0.399 e. The second kappa shape index (κ2) is 27.3. The molecule has 18 aromatic carbocycles. The van der Waals surface area contributed by atoms with Crippen molar-refractivity contribution in [1.82, 2.24) is 0 Å². The molecule has 18 aromatic rings. The number of nitriles is 2. The van der Waals surface area contributed by atoms with Gasteiger partial charge in [0.25, 0.3) is 0 Å². The molecule has 0 amide bonds. The van der Waals surface area contributed by atoms with E-state index in [1.54, 1.807) is 0 Å². The standard InChI is InChI=1S/C49H29N.C38H31BO2.C17H10BrN/c50-30-37-29-36(24-25-38(37)35-23-22-31-12-7-8-17-34(31)28-35)39-26-27-44-47-40(39)20-11-21-43(47)48-45(32-13-3-1-4-14-32)41-18-9-10-19-42(41)46(49(44)48)33-15-5-2-6-16-33;1-37(2)38(3,4)41-39(40-37)31-23-22-30-34-28(31)20-13-21-29(34)35-32(24-14-7-5-8-15-24)26-18-11-12-19-27(26)33(36(30)35)25-16-9-6-10-17-25;18-16-7-8-17(15(10-16)11-19)14-6-5-12-3-1-2-4-13(12)9-14/h1-29H;5-23H,1-4H3;1-10H. The van der Waals surface area contributed by atoms with Crippen LogP contribution in [0.15, 0.2) is 356 Å². The first-order chi connectivity index (χ1) is 53.9. The fraction of sp³-hybridized carbons (Fsp3) is 0.0577. The first-order valence-electron chi connectivity index (χ1n) is 37.5. The summed E-state index contributed by atoms with van der Waals surface area (Å²) in [6.45, 7) is 8.47. The van der Waals surface area contributed by atoms with Crippen LogP contribution in [0.25, 0.3) is 187 Å². The zero-order chi connectivity index (χ0) is 74.4. The van der Waals surface area contributed by atoms with E-state index >= 15 is 0 Å². The van der Waals surface area contributed by atoms with E-state index in [0.29, 0.717) is 11.1 Å². The second-order valence-corrected chi connectivity index (χ2v) is 30.7. The summed E-state index contributed by atoms with van der Waals surface area (Å²) >= 11 is 3.40. The predicted octanol–water partition coefficient (Wildman–Crippen LogP) is 27.7. The number of fused-ring (bicyclic) bond motifs is 10. The van der Waals surface area contributed by atoms with Crippen LogP contribution >= 0.6 is 15.9 Å². The van der Waals surface area contributed by atoms with Gasteiger partial charge in [-0.15, -0.1) is 0 Å². The summed E-state index contributed by atoms with van der Waals surface area (Å²) in [5, 5.41) is 34.4. The van der Waals surface area contributed by atoms with Gasteiger partial charge in [0.05, 0.1) is 34.5 Å². The highest BCUT2D eigenvalue weighted by molar-refractivity contribution is 9.10. The molecule has 1 aliphatic heterocycles. The summed E-state index contributed by atoms with van der Waals surface area (Å²) in [7, 11) is -0.422. The molecule has 0 N–H and O–H groups in total. The molecule has 0 atom stereocenters. The fourth-order valence-corrected chi connectivity index (χ4v) is 17.7. The van der Waals surface area contributed by atoms with E-state index in [9.17, 15) is 10.5 Å². The Balaban J connectivity index is 0.000000122. The maximum Gasteiger partial charge on any atom is 0.495 e. The summed E-state index contributed by atoms with van der Waals surface area (Å²) in [4.78, 5) is 0. The van der Waals surface area contributed by atoms with E-state index in [1.807, 2.05) is 30.3 Å². The molecular formula is C104H70BBrN2O2. The Morgan fingerprint density at radius 3 is 1.01 bits per heavy atom. The van der Waals surface area contributed by atoms with Crippen molar-refractivity contribution < 1.29 is 9.31 Å². The summed E-state index contributed by atoms with van der Waals surface area (Å²) < 4.78 is 14.0. The van der Waals surface area contributed by atoms with Crippen molar-refractivity contribution in [3.63, 3.8) is 0 Å². The van der Waals surface area contributed by atoms with Gasteiger partial charge in [-0.25, -0.2) is 0 Å². The van der Waals surface area contributed by atoms with Crippen molar-refractivity contribution in [3.8, 4) is 135 Å². The number of halogens is 1. The van der Waals surface area contributed by atoms with Gasteiger partial charge in [0, 0.05) is 4.47 Å². The van der Waals surface area contributed by atoms with Crippen LogP contribution in [-0.2, 0) is 9.31 Å². The van der Waals surface area contributed by atoms with Crippen LogP contribution < -0.4 is 5.46 Å². The highest BCUT2D eigenvalue weighted by atomic mass is 79.9. The number of nitrogens with zero attached hydrogens (tertiary/aromatic N) is 2. The van der Waals surface area contributed by atoms with Gasteiger partial charge in [0.2, 0.25) is 0 Å². The SMILES string of the molecule is CC1(C)OB(c2ccc3c4c(cccc24)-c2c-3c(-c3ccccc3)c3ccccc3c2-c2ccccc2)OC1(C)C.N#Cc1cc(-c2ccc3c4c(cccc24)-c2c-3c(-c3ccccc3)c3ccccc3c2-c2ccccc2)ccc1-c1ccc2ccccc2c1.N#Cc1cc(Br)ccc1-c1ccc2ccccc2c1. The van der Waals surface area contributed by atoms with Gasteiger partial charge in [0.1, 0.15) is 0 Å². The lowest BCUT2D eigenvalue weighted by Crippen LogP contribution is -2.41. The fourth-order valence-electron chi connectivity index (χ4n) is 17.3. The zero-order valence-corrected chi connectivity index (χ0v) is 62.7. The van der Waals surface area contributed by atoms with E-state index in [4.69, 9.17) is 9.31 Å². The molecule has 0 spiro atoms. The molecule has 2 aliphatic carbocycles. The van der Waals surface area contributed by atoms with Gasteiger partial charge < -0.3 is 9.31 Å². The topological polar surface area (TPSA) is 66.0 Å². The van der Waals surface area contributed by atoms with Gasteiger partial charge in [-0.3, -0.25) is 0 Å². The lowest BCUT2D eigenvalue weighted by atomic mass is 9.75. The van der Waals surface area contributed by atoms with Crippen molar-refractivity contribution in [2.45, 2.75) is 38.9 Å². The Bertz CT molecular complexity index is 6680. The summed E-state index contributed by atoms with van der Waals surface area (Å²) in [5.74, 6) is 0. The largest absolute Gasteiger partial charge is 0.495 e. The monoisotopic (exact) mass is 1470 g/mol. The Kier molecular flexibility index (Phi) is 16.8. The number of hydrogen-bond acceptors (Lipinski definition) is 4. The molecule has 110 heavy (non-hydrogen) atoms. The molecule has 1 fully saturated rings. The molecule has 0 aromatic heterocycles. The number of rotatable bonds is 8. The Labute approximate surface area is 649 Å². The van der Waals surface area contributed by atoms with Crippen LogP contribution in [0.2, 0.25) is 0 Å². The first-order valence-corrected chi connectivity index (χ1v) is 38.3. The van der Waals surface area contributed by atoms with Gasteiger partial charge in [0.15, 0.2) is 0 Å². The molecule has 6 heteroatoms. The van der Waals surface area contributed by atoms with Crippen LogP contribution in [0, 0.1) is 22.7 Å². The van der Waals surface area contributed by atoms with Crippen molar-refractivity contribution >= 4 is 93.1 Å². The lowest BCUT2D eigenvalue weighted by molar-refractivity contribution is 0.00578. The number of benzene rings is 18. The Morgan fingerprint density at radius 2 is 0.573 bits per heavy atom. The van der Waals surface area contributed by atoms with Crippen LogP contribution in [0.5, 0.6) is 0 Å². The van der Waals surface area contributed by atoms with Crippen LogP contribution in [0.3, 0.4) is 0 Å². The average Bonchev–Trinajstić information content (AvgIpc) is 1.54. The second-order valence-electron chi connectivity index (χ2n) is 29.8. The van der Waals surface area contributed by atoms with E-state index < -0.39 is 18.3 Å². The van der Waals surface area contributed by atoms with Crippen molar-refractivity contribution in [1.29, 1.82) is 10.5 Å². The maximum atomic E-state index is 10.4. The quantitative estimate of drug-likeness (QED) is 0.142. The predicted molar refractivity (Wildman–Crippen MR) is 464 cm³/mol. The minimum absolute atomic E-state index is 0.401. The molecule has 518 valence electrons. The number of hydrogen-bond donors (Lipinski definition) is 0. The van der Waals surface area contributed by atoms with Gasteiger partial charge in [-0.1, -0.05) is 337 Å². The summed E-state index contributed by atoms with van der Waals surface area (Å²) in [6.07, 6.45) is 0. The first kappa shape index (κ1) is 67.6. The molecule has 1 heterocycles. The van der Waals surface area contributed by atoms with E-state index in [1.165, 1.54) is 154 Å². The highest BCUT2D eigenvalue weighted by Crippen LogP contribution is 2.60. The third-order valence-electron chi connectivity index (χ3n) is 23.1. The minimum Gasteiger partial charge on any atom is -0.399 e. The van der Waals surface area contributed by atoms with Crippen LogP contribution in [-0.4, -0.2) is 18.3 Å². The van der Waals surface area contributed by atoms with E-state index in [0.717, 1.165) is 43.3 Å². The normalized spacial score (nSPS) is 13.2. The van der Waals surface area contributed by atoms with Crippen molar-refractivity contribution in [3.05, 3.63) is 367 Å². The summed E-state index contributed by atoms with van der Waals surface area (Å²) in [6, 6.07) is 130. The van der Waals surface area contributed by atoms with Gasteiger partial charge >= 0.3 is 7.12 Å². The van der Waals surface area contributed by atoms with Crippen molar-refractivity contribution in [2.75, 3.05) is 0 Å². The average molecular weight is 1470 g/mol. The van der Waals surface area contributed by atoms with Crippen LogP contribution in [0.4, 0.5) is 0 Å². The molecule has 0 unspecified atom stereocenters. The molecule has 1 saturated heterocycles. The van der Waals surface area contributed by atoms with E-state index in [2.05, 4.69) is 377 Å². The molecule has 21 rings (SSSR count). The third kappa shape index (κ3) is 11.3. The lowest BCUT2D eigenvalue weighted by Gasteiger charge is -2.32.